The summed E-state index contributed by atoms with van der Waals surface area (Å²) in [4.78, 5) is 30.1. The minimum absolute atomic E-state index is 0.121. The van der Waals surface area contributed by atoms with Crippen molar-refractivity contribution in [2.24, 2.45) is 0 Å². The Kier molecular flexibility index (Phi) is 5.47. The van der Waals surface area contributed by atoms with Gasteiger partial charge in [0.15, 0.2) is 11.6 Å². The predicted molar refractivity (Wildman–Crippen MR) is 87.3 cm³/mol. The zero-order chi connectivity index (χ0) is 17.7. The third kappa shape index (κ3) is 3.68. The van der Waals surface area contributed by atoms with Crippen molar-refractivity contribution in [3.63, 3.8) is 0 Å². The van der Waals surface area contributed by atoms with Gasteiger partial charge in [0.25, 0.3) is 5.56 Å². The van der Waals surface area contributed by atoms with Crippen LogP contribution in [0.5, 0.6) is 5.75 Å². The molecule has 6 nitrogen and oxygen atoms in total. The summed E-state index contributed by atoms with van der Waals surface area (Å²) in [6.07, 6.45) is 2.67. The lowest BCUT2D eigenvalue weighted by molar-refractivity contribution is 0.0523. The maximum absolute atomic E-state index is 14.2. The molecule has 0 amide bonds. The highest BCUT2D eigenvalue weighted by Gasteiger charge is 2.14. The molecule has 0 saturated heterocycles. The van der Waals surface area contributed by atoms with Gasteiger partial charge in [-0.15, -0.1) is 0 Å². The van der Waals surface area contributed by atoms with Crippen molar-refractivity contribution in [2.75, 3.05) is 13.7 Å². The molecule has 1 N–H and O–H groups in total. The molecule has 0 spiro atoms. The van der Waals surface area contributed by atoms with E-state index in [0.717, 1.165) is 6.20 Å². The molecule has 0 aliphatic heterocycles. The number of halogens is 1. The monoisotopic (exact) mass is 332 g/mol. The fraction of sp³-hybridized carbons (Fsp3) is 0.235. The molecule has 1 heterocycles. The largest absolute Gasteiger partial charge is 0.494 e. The first kappa shape index (κ1) is 17.4. The van der Waals surface area contributed by atoms with Gasteiger partial charge in [-0.2, -0.15) is 0 Å². The van der Waals surface area contributed by atoms with Gasteiger partial charge in [-0.05, 0) is 31.6 Å². The second kappa shape index (κ2) is 7.54. The number of rotatable bonds is 5. The van der Waals surface area contributed by atoms with Crippen LogP contribution in [-0.2, 0) is 4.74 Å². The SMILES string of the molecule is CCOC(=O)c1cnc(C(C)=Cc2cccc(OC)c2F)[nH]c1=O. The Morgan fingerprint density at radius 1 is 1.42 bits per heavy atom. The molecule has 2 rings (SSSR count). The van der Waals surface area contributed by atoms with E-state index in [1.807, 2.05) is 0 Å². The Hall–Kier alpha value is -2.96. The van der Waals surface area contributed by atoms with Crippen molar-refractivity contribution >= 4 is 17.6 Å². The topological polar surface area (TPSA) is 81.3 Å². The lowest BCUT2D eigenvalue weighted by Gasteiger charge is -2.06. The van der Waals surface area contributed by atoms with E-state index in [-0.39, 0.29) is 23.7 Å². The molecule has 0 bridgehead atoms. The number of carbonyl (C=O) groups is 1. The van der Waals surface area contributed by atoms with Crippen molar-refractivity contribution in [2.45, 2.75) is 13.8 Å². The Bertz CT molecular complexity index is 843. The van der Waals surface area contributed by atoms with Gasteiger partial charge in [-0.1, -0.05) is 12.1 Å². The Morgan fingerprint density at radius 3 is 2.79 bits per heavy atom. The van der Waals surface area contributed by atoms with E-state index in [2.05, 4.69) is 9.97 Å². The van der Waals surface area contributed by atoms with Crippen molar-refractivity contribution in [1.82, 2.24) is 9.97 Å². The first-order valence-electron chi connectivity index (χ1n) is 7.25. The van der Waals surface area contributed by atoms with Crippen molar-refractivity contribution < 1.29 is 18.7 Å². The maximum atomic E-state index is 14.2. The van der Waals surface area contributed by atoms with Crippen LogP contribution in [0.25, 0.3) is 11.6 Å². The third-order valence-corrected chi connectivity index (χ3v) is 3.25. The van der Waals surface area contributed by atoms with E-state index in [4.69, 9.17) is 9.47 Å². The Morgan fingerprint density at radius 2 is 2.17 bits per heavy atom. The van der Waals surface area contributed by atoms with Gasteiger partial charge in [0.2, 0.25) is 0 Å². The van der Waals surface area contributed by atoms with E-state index in [0.29, 0.717) is 11.1 Å². The highest BCUT2D eigenvalue weighted by atomic mass is 19.1. The number of methoxy groups -OCH3 is 1. The molecule has 1 aromatic carbocycles. The Balaban J connectivity index is 2.37. The minimum atomic E-state index is -0.738. The summed E-state index contributed by atoms with van der Waals surface area (Å²) in [5.41, 5.74) is 0.0249. The van der Waals surface area contributed by atoms with Gasteiger partial charge in [-0.3, -0.25) is 4.79 Å². The van der Waals surface area contributed by atoms with Crippen LogP contribution >= 0.6 is 0 Å². The van der Waals surface area contributed by atoms with E-state index in [1.165, 1.54) is 19.3 Å². The number of nitrogens with one attached hydrogen (secondary N) is 1. The highest BCUT2D eigenvalue weighted by Crippen LogP contribution is 2.23. The fourth-order valence-corrected chi connectivity index (χ4v) is 2.05. The number of ether oxygens (including phenoxy) is 2. The molecular weight excluding hydrogens is 315 g/mol. The van der Waals surface area contributed by atoms with Crippen LogP contribution in [0, 0.1) is 5.82 Å². The first-order valence-corrected chi connectivity index (χ1v) is 7.25. The zero-order valence-corrected chi connectivity index (χ0v) is 13.6. The number of esters is 1. The average molecular weight is 332 g/mol. The second-order valence-electron chi connectivity index (χ2n) is 4.89. The molecular formula is C17H17FN2O4. The summed E-state index contributed by atoms with van der Waals surface area (Å²) in [5.74, 6) is -0.894. The molecule has 2 aromatic rings. The number of hydrogen-bond acceptors (Lipinski definition) is 5. The number of allylic oxidation sites excluding steroid dienone is 1. The van der Waals surface area contributed by atoms with Crippen LogP contribution in [0.4, 0.5) is 4.39 Å². The van der Waals surface area contributed by atoms with E-state index in [1.54, 1.807) is 26.0 Å². The molecule has 0 atom stereocenters. The molecule has 0 fully saturated rings. The van der Waals surface area contributed by atoms with Crippen LogP contribution in [0.3, 0.4) is 0 Å². The lowest BCUT2D eigenvalue weighted by Crippen LogP contribution is -2.21. The number of H-pyrrole nitrogens is 1. The molecule has 126 valence electrons. The third-order valence-electron chi connectivity index (χ3n) is 3.25. The summed E-state index contributed by atoms with van der Waals surface area (Å²) < 4.78 is 23.9. The maximum Gasteiger partial charge on any atom is 0.345 e. The Labute approximate surface area is 138 Å². The molecule has 24 heavy (non-hydrogen) atoms. The van der Waals surface area contributed by atoms with E-state index >= 15 is 0 Å². The number of aromatic amines is 1. The average Bonchev–Trinajstić information content (AvgIpc) is 2.56. The fourth-order valence-electron chi connectivity index (χ4n) is 2.05. The number of benzene rings is 1. The highest BCUT2D eigenvalue weighted by molar-refractivity contribution is 5.88. The van der Waals surface area contributed by atoms with Gasteiger partial charge >= 0.3 is 5.97 Å². The second-order valence-corrected chi connectivity index (χ2v) is 4.89. The van der Waals surface area contributed by atoms with Gasteiger partial charge in [-0.25, -0.2) is 14.2 Å². The molecule has 0 aliphatic carbocycles. The molecule has 0 aliphatic rings. The van der Waals surface area contributed by atoms with Gasteiger partial charge in [0.1, 0.15) is 11.4 Å². The lowest BCUT2D eigenvalue weighted by atomic mass is 10.1. The smallest absolute Gasteiger partial charge is 0.345 e. The number of carbonyl (C=O) groups excluding carboxylic acids is 1. The number of hydrogen-bond donors (Lipinski definition) is 1. The van der Waals surface area contributed by atoms with Crippen molar-refractivity contribution in [3.05, 3.63) is 57.5 Å². The minimum Gasteiger partial charge on any atom is -0.494 e. The van der Waals surface area contributed by atoms with Gasteiger partial charge in [0, 0.05) is 11.8 Å². The molecule has 7 heteroatoms. The normalized spacial score (nSPS) is 11.2. The van der Waals surface area contributed by atoms with Crippen LogP contribution in [0.1, 0.15) is 35.6 Å². The van der Waals surface area contributed by atoms with Crippen LogP contribution in [0.15, 0.2) is 29.2 Å². The summed E-state index contributed by atoms with van der Waals surface area (Å²) >= 11 is 0. The van der Waals surface area contributed by atoms with Crippen LogP contribution in [-0.4, -0.2) is 29.7 Å². The molecule has 0 saturated carbocycles. The molecule has 0 radical (unpaired) electrons. The summed E-state index contributed by atoms with van der Waals surface area (Å²) in [6, 6.07) is 4.74. The summed E-state index contributed by atoms with van der Waals surface area (Å²) in [6.45, 7) is 3.47. The van der Waals surface area contributed by atoms with E-state index in [9.17, 15) is 14.0 Å². The zero-order valence-electron chi connectivity index (χ0n) is 13.6. The molecule has 1 aromatic heterocycles. The number of aromatic nitrogens is 2. The van der Waals surface area contributed by atoms with Crippen LogP contribution in [0.2, 0.25) is 0 Å². The summed E-state index contributed by atoms with van der Waals surface area (Å²) in [5, 5.41) is 0. The summed E-state index contributed by atoms with van der Waals surface area (Å²) in [7, 11) is 1.38. The van der Waals surface area contributed by atoms with E-state index < -0.39 is 17.3 Å². The quantitative estimate of drug-likeness (QED) is 0.851. The van der Waals surface area contributed by atoms with Crippen molar-refractivity contribution in [1.29, 1.82) is 0 Å². The van der Waals surface area contributed by atoms with Crippen LogP contribution < -0.4 is 10.3 Å². The molecule has 0 unspecified atom stereocenters. The first-order chi connectivity index (χ1) is 11.5. The predicted octanol–water partition coefficient (Wildman–Crippen LogP) is 2.65. The van der Waals surface area contributed by atoms with Gasteiger partial charge in [0.05, 0.1) is 13.7 Å². The number of nitrogens with zero attached hydrogens (tertiary/aromatic N) is 1. The van der Waals surface area contributed by atoms with Gasteiger partial charge < -0.3 is 14.5 Å². The van der Waals surface area contributed by atoms with Crippen molar-refractivity contribution in [3.8, 4) is 5.75 Å². The standard InChI is InChI=1S/C17H17FN2O4/c1-4-24-17(22)12-9-19-15(20-16(12)21)10(2)8-11-6-5-7-13(23-3)14(11)18/h5-9H,4H2,1-3H3,(H,19,20,21).